The highest BCUT2D eigenvalue weighted by atomic mass is 16.6. The van der Waals surface area contributed by atoms with Gasteiger partial charge in [-0.05, 0) is 103 Å². The monoisotopic (exact) mass is 951 g/mol. The normalized spacial score (nSPS) is 12.5. The quantitative estimate of drug-likeness (QED) is 0.0262. The summed E-state index contributed by atoms with van der Waals surface area (Å²) in [5.41, 5.74) is 0. The highest BCUT2D eigenvalue weighted by Gasteiger charge is 2.19. The predicted octanol–water partition coefficient (Wildman–Crippen LogP) is 19.6. The molecule has 394 valence electrons. The minimum Gasteiger partial charge on any atom is -0.462 e. The molecular formula is C62H110O6. The van der Waals surface area contributed by atoms with Crippen LogP contribution in [0.25, 0.3) is 0 Å². The molecule has 0 rings (SSSR count). The molecule has 1 atom stereocenters. The van der Waals surface area contributed by atoms with Crippen molar-refractivity contribution < 1.29 is 28.6 Å². The lowest BCUT2D eigenvalue weighted by molar-refractivity contribution is -0.167. The fourth-order valence-corrected chi connectivity index (χ4v) is 8.27. The van der Waals surface area contributed by atoms with Crippen LogP contribution < -0.4 is 0 Å². The van der Waals surface area contributed by atoms with Crippen molar-refractivity contribution in [2.45, 2.75) is 303 Å². The van der Waals surface area contributed by atoms with Gasteiger partial charge in [0.2, 0.25) is 0 Å². The molecule has 0 heterocycles. The number of hydrogen-bond acceptors (Lipinski definition) is 6. The first-order valence-corrected chi connectivity index (χ1v) is 29.3. The minimum atomic E-state index is -0.781. The maximum atomic E-state index is 12.8. The topological polar surface area (TPSA) is 78.9 Å². The van der Waals surface area contributed by atoms with Crippen LogP contribution in [-0.4, -0.2) is 37.2 Å². The van der Waals surface area contributed by atoms with Crippen LogP contribution in [0.4, 0.5) is 0 Å². The van der Waals surface area contributed by atoms with E-state index in [0.717, 1.165) is 83.5 Å². The van der Waals surface area contributed by atoms with E-state index in [9.17, 15) is 14.4 Å². The number of carbonyl (C=O) groups excluding carboxylic acids is 3. The van der Waals surface area contributed by atoms with Crippen LogP contribution in [0.3, 0.4) is 0 Å². The molecule has 0 aliphatic heterocycles. The standard InChI is InChI=1S/C62H110O6/c1-4-7-10-13-16-19-22-24-26-28-30-31-33-34-36-38-40-43-46-49-52-55-61(64)67-58-59(57-66-60(63)54-51-48-45-42-21-18-15-12-9-6-3)68-62(65)56-53-50-47-44-41-39-37-35-32-29-27-25-23-20-17-14-11-8-5-2/h12,15,17,20,22,24-25,27-28,30,59H,4-11,13-14,16,18-19,21,23,26,29,31-58H2,1-3H3/b15-12-,20-17-,24-22-,27-25-,30-28-. The average Bonchev–Trinajstić information content (AvgIpc) is 3.34. The summed E-state index contributed by atoms with van der Waals surface area (Å²) in [5, 5.41) is 0. The first-order valence-electron chi connectivity index (χ1n) is 29.3. The Bertz CT molecular complexity index is 1230. The number of ether oxygens (including phenoxy) is 3. The molecule has 0 aromatic carbocycles. The van der Waals surface area contributed by atoms with Gasteiger partial charge in [0.25, 0.3) is 0 Å². The van der Waals surface area contributed by atoms with E-state index in [1.807, 2.05) is 0 Å². The zero-order valence-electron chi connectivity index (χ0n) is 45.1. The Morgan fingerprint density at radius 1 is 0.294 bits per heavy atom. The van der Waals surface area contributed by atoms with Crippen molar-refractivity contribution >= 4 is 17.9 Å². The van der Waals surface area contributed by atoms with Gasteiger partial charge in [0.15, 0.2) is 6.10 Å². The first kappa shape index (κ1) is 65.1. The molecule has 1 unspecified atom stereocenters. The van der Waals surface area contributed by atoms with Gasteiger partial charge in [-0.25, -0.2) is 0 Å². The van der Waals surface area contributed by atoms with Gasteiger partial charge in [-0.2, -0.15) is 0 Å². The summed E-state index contributed by atoms with van der Waals surface area (Å²) >= 11 is 0. The highest BCUT2D eigenvalue weighted by molar-refractivity contribution is 5.71. The van der Waals surface area contributed by atoms with Crippen molar-refractivity contribution in [3.8, 4) is 0 Å². The molecule has 0 aromatic heterocycles. The van der Waals surface area contributed by atoms with Gasteiger partial charge in [-0.1, -0.05) is 236 Å². The van der Waals surface area contributed by atoms with Gasteiger partial charge in [0, 0.05) is 19.3 Å². The molecule has 0 aromatic rings. The van der Waals surface area contributed by atoms with Crippen molar-refractivity contribution in [1.82, 2.24) is 0 Å². The molecule has 0 saturated carbocycles. The van der Waals surface area contributed by atoms with Crippen molar-refractivity contribution in [2.75, 3.05) is 13.2 Å². The molecule has 0 fully saturated rings. The fraction of sp³-hybridized carbons (Fsp3) is 0.790. The summed E-state index contributed by atoms with van der Waals surface area (Å²) in [7, 11) is 0. The average molecular weight is 952 g/mol. The van der Waals surface area contributed by atoms with Crippen molar-refractivity contribution in [1.29, 1.82) is 0 Å². The van der Waals surface area contributed by atoms with Crippen molar-refractivity contribution in [3.63, 3.8) is 0 Å². The van der Waals surface area contributed by atoms with E-state index in [2.05, 4.69) is 81.5 Å². The number of carbonyl (C=O) groups is 3. The van der Waals surface area contributed by atoms with E-state index in [-0.39, 0.29) is 31.1 Å². The van der Waals surface area contributed by atoms with E-state index in [4.69, 9.17) is 14.2 Å². The van der Waals surface area contributed by atoms with Crippen LogP contribution in [0, 0.1) is 0 Å². The lowest BCUT2D eigenvalue weighted by atomic mass is 10.1. The summed E-state index contributed by atoms with van der Waals surface area (Å²) < 4.78 is 16.8. The summed E-state index contributed by atoms with van der Waals surface area (Å²) in [6, 6.07) is 0. The summed E-state index contributed by atoms with van der Waals surface area (Å²) in [4.78, 5) is 38.1. The third-order valence-corrected chi connectivity index (χ3v) is 12.7. The number of esters is 3. The Balaban J connectivity index is 4.29. The Morgan fingerprint density at radius 2 is 0.559 bits per heavy atom. The Labute approximate surface area is 421 Å². The van der Waals surface area contributed by atoms with E-state index >= 15 is 0 Å². The summed E-state index contributed by atoms with van der Waals surface area (Å²) in [5.74, 6) is -0.889. The molecule has 0 aliphatic carbocycles. The van der Waals surface area contributed by atoms with Crippen LogP contribution >= 0.6 is 0 Å². The molecule has 0 aliphatic rings. The van der Waals surface area contributed by atoms with E-state index in [1.54, 1.807) is 0 Å². The Morgan fingerprint density at radius 3 is 0.912 bits per heavy atom. The predicted molar refractivity (Wildman–Crippen MR) is 293 cm³/mol. The Kier molecular flexibility index (Phi) is 54.3. The molecule has 0 bridgehead atoms. The van der Waals surface area contributed by atoms with Crippen LogP contribution in [0.2, 0.25) is 0 Å². The Hall–Kier alpha value is -2.89. The SMILES string of the molecule is CCC/C=C\CCCCCCCC(=O)OCC(COC(=O)CCCCCCCCCCC/C=C\C/C=C\CCCCCCC)OC(=O)CCCCCCCCCCC/C=C\C/C=C\CCCCC. The molecule has 6 nitrogen and oxygen atoms in total. The summed E-state index contributed by atoms with van der Waals surface area (Å²) in [6.07, 6.45) is 70.7. The number of rotatable bonds is 53. The zero-order valence-corrected chi connectivity index (χ0v) is 45.1. The molecule has 0 radical (unpaired) electrons. The highest BCUT2D eigenvalue weighted by Crippen LogP contribution is 2.15. The fourth-order valence-electron chi connectivity index (χ4n) is 8.27. The smallest absolute Gasteiger partial charge is 0.306 e. The van der Waals surface area contributed by atoms with Crippen LogP contribution in [0.15, 0.2) is 60.8 Å². The maximum absolute atomic E-state index is 12.8. The number of hydrogen-bond donors (Lipinski definition) is 0. The molecule has 0 N–H and O–H groups in total. The lowest BCUT2D eigenvalue weighted by Gasteiger charge is -2.18. The minimum absolute atomic E-state index is 0.0799. The van der Waals surface area contributed by atoms with Crippen LogP contribution in [-0.2, 0) is 28.6 Å². The second kappa shape index (κ2) is 56.7. The van der Waals surface area contributed by atoms with Crippen LogP contribution in [0.1, 0.15) is 297 Å². The number of unbranched alkanes of at least 4 members (excludes halogenated alkanes) is 32. The third kappa shape index (κ3) is 54.1. The molecular weight excluding hydrogens is 841 g/mol. The molecule has 0 spiro atoms. The van der Waals surface area contributed by atoms with Gasteiger partial charge in [0.05, 0.1) is 0 Å². The largest absolute Gasteiger partial charge is 0.462 e. The van der Waals surface area contributed by atoms with Gasteiger partial charge in [-0.15, -0.1) is 0 Å². The zero-order chi connectivity index (χ0) is 49.3. The first-order chi connectivity index (χ1) is 33.5. The van der Waals surface area contributed by atoms with E-state index in [1.165, 1.54) is 173 Å². The maximum Gasteiger partial charge on any atom is 0.306 e. The van der Waals surface area contributed by atoms with Crippen LogP contribution in [0.5, 0.6) is 0 Å². The van der Waals surface area contributed by atoms with E-state index < -0.39 is 6.10 Å². The van der Waals surface area contributed by atoms with Gasteiger partial charge in [-0.3, -0.25) is 14.4 Å². The molecule has 6 heteroatoms. The molecule has 0 amide bonds. The van der Waals surface area contributed by atoms with Gasteiger partial charge >= 0.3 is 17.9 Å². The molecule has 68 heavy (non-hydrogen) atoms. The van der Waals surface area contributed by atoms with Gasteiger partial charge < -0.3 is 14.2 Å². The van der Waals surface area contributed by atoms with Crippen molar-refractivity contribution in [3.05, 3.63) is 60.8 Å². The molecule has 0 saturated heterocycles. The summed E-state index contributed by atoms with van der Waals surface area (Å²) in [6.45, 7) is 6.55. The lowest BCUT2D eigenvalue weighted by Crippen LogP contribution is -2.30. The van der Waals surface area contributed by atoms with Crippen molar-refractivity contribution in [2.24, 2.45) is 0 Å². The van der Waals surface area contributed by atoms with Gasteiger partial charge in [0.1, 0.15) is 13.2 Å². The second-order valence-electron chi connectivity index (χ2n) is 19.5. The van der Waals surface area contributed by atoms with E-state index in [0.29, 0.717) is 19.3 Å². The third-order valence-electron chi connectivity index (χ3n) is 12.7. The second-order valence-corrected chi connectivity index (χ2v) is 19.5. The number of allylic oxidation sites excluding steroid dienone is 10.